The molecule has 0 aliphatic carbocycles. The zero-order valence-corrected chi connectivity index (χ0v) is 13.9. The summed E-state index contributed by atoms with van der Waals surface area (Å²) in [6.45, 7) is 3.52. The molecule has 2 aromatic carbocycles. The van der Waals surface area contributed by atoms with Gasteiger partial charge in [0.05, 0.1) is 13.2 Å². The fourth-order valence-electron chi connectivity index (χ4n) is 3.56. The highest BCUT2D eigenvalue weighted by molar-refractivity contribution is 6.26. The number of hydrogen-bond acceptors (Lipinski definition) is 4. The first-order valence-electron chi connectivity index (χ1n) is 8.36. The van der Waals surface area contributed by atoms with Crippen molar-refractivity contribution < 1.29 is 19.1 Å². The SMILES string of the molecule is C[C@H](C(=O)N1CCOCC1)N1C(=O)c2cccc3cccc(c23)C1=O. The Balaban J connectivity index is 1.73. The third kappa shape index (κ3) is 2.41. The monoisotopic (exact) mass is 338 g/mol. The van der Waals surface area contributed by atoms with Crippen LogP contribution >= 0.6 is 0 Å². The Morgan fingerprint density at radius 2 is 1.56 bits per heavy atom. The molecule has 0 aromatic heterocycles. The zero-order chi connectivity index (χ0) is 17.6. The van der Waals surface area contributed by atoms with Crippen LogP contribution in [0.1, 0.15) is 27.6 Å². The third-order valence-electron chi connectivity index (χ3n) is 4.87. The number of carbonyl (C=O) groups is 3. The van der Waals surface area contributed by atoms with Gasteiger partial charge < -0.3 is 9.64 Å². The Morgan fingerprint density at radius 3 is 2.12 bits per heavy atom. The summed E-state index contributed by atoms with van der Waals surface area (Å²) in [6, 6.07) is 9.91. The minimum atomic E-state index is -0.846. The predicted molar refractivity (Wildman–Crippen MR) is 91.3 cm³/mol. The lowest BCUT2D eigenvalue weighted by Gasteiger charge is -2.35. The Kier molecular flexibility index (Phi) is 3.77. The van der Waals surface area contributed by atoms with Gasteiger partial charge in [0.25, 0.3) is 11.8 Å². The number of morpholine rings is 1. The second kappa shape index (κ2) is 5.97. The minimum absolute atomic E-state index is 0.225. The molecular weight excluding hydrogens is 320 g/mol. The van der Waals surface area contributed by atoms with Gasteiger partial charge in [-0.3, -0.25) is 19.3 Å². The van der Waals surface area contributed by atoms with E-state index in [1.807, 2.05) is 12.1 Å². The summed E-state index contributed by atoms with van der Waals surface area (Å²) in [5.74, 6) is -1.05. The molecule has 25 heavy (non-hydrogen) atoms. The van der Waals surface area contributed by atoms with Crippen molar-refractivity contribution in [1.29, 1.82) is 0 Å². The predicted octanol–water partition coefficient (Wildman–Crippen LogP) is 1.68. The fraction of sp³-hybridized carbons (Fsp3) is 0.316. The molecule has 2 aliphatic rings. The van der Waals surface area contributed by atoms with Crippen LogP contribution in [0.4, 0.5) is 0 Å². The summed E-state index contributed by atoms with van der Waals surface area (Å²) in [5, 5.41) is 1.52. The minimum Gasteiger partial charge on any atom is -0.378 e. The van der Waals surface area contributed by atoms with Gasteiger partial charge in [0, 0.05) is 29.6 Å². The van der Waals surface area contributed by atoms with Gasteiger partial charge in [-0.2, -0.15) is 0 Å². The van der Waals surface area contributed by atoms with E-state index in [0.717, 1.165) is 10.3 Å². The molecule has 2 aromatic rings. The molecule has 6 nitrogen and oxygen atoms in total. The molecule has 1 saturated heterocycles. The highest BCUT2D eigenvalue weighted by Gasteiger charge is 2.39. The van der Waals surface area contributed by atoms with Crippen molar-refractivity contribution in [2.24, 2.45) is 0 Å². The quantitative estimate of drug-likeness (QED) is 0.782. The van der Waals surface area contributed by atoms with E-state index in [1.54, 1.807) is 36.1 Å². The number of rotatable bonds is 2. The second-order valence-corrected chi connectivity index (χ2v) is 6.30. The molecule has 0 saturated carbocycles. The third-order valence-corrected chi connectivity index (χ3v) is 4.87. The van der Waals surface area contributed by atoms with Crippen molar-refractivity contribution >= 4 is 28.5 Å². The molecule has 128 valence electrons. The van der Waals surface area contributed by atoms with Gasteiger partial charge in [-0.25, -0.2) is 0 Å². The molecule has 0 radical (unpaired) electrons. The van der Waals surface area contributed by atoms with E-state index in [2.05, 4.69) is 0 Å². The number of hydrogen-bond donors (Lipinski definition) is 0. The average molecular weight is 338 g/mol. The molecule has 0 bridgehead atoms. The normalized spacial score (nSPS) is 18.6. The van der Waals surface area contributed by atoms with Crippen LogP contribution in [0, 0.1) is 0 Å². The Bertz CT molecular complexity index is 835. The summed E-state index contributed by atoms with van der Waals surface area (Å²) in [6.07, 6.45) is 0. The van der Waals surface area contributed by atoms with E-state index >= 15 is 0 Å². The molecule has 0 spiro atoms. The van der Waals surface area contributed by atoms with E-state index in [4.69, 9.17) is 4.74 Å². The highest BCUT2D eigenvalue weighted by atomic mass is 16.5. The van der Waals surface area contributed by atoms with Gasteiger partial charge in [-0.05, 0) is 24.4 Å². The molecule has 1 fully saturated rings. The standard InChI is InChI=1S/C19H18N2O4/c1-12(17(22)20-8-10-25-11-9-20)21-18(23)14-6-2-4-13-5-3-7-15(16(13)14)19(21)24/h2-7,12H,8-11H2,1H3/t12-/m1/s1. The van der Waals surface area contributed by atoms with Crippen molar-refractivity contribution in [3.63, 3.8) is 0 Å². The number of benzene rings is 2. The van der Waals surface area contributed by atoms with Crippen LogP contribution in [-0.4, -0.2) is 59.9 Å². The molecule has 1 atom stereocenters. The topological polar surface area (TPSA) is 66.9 Å². The number of imide groups is 1. The van der Waals surface area contributed by atoms with Crippen LogP contribution in [0.5, 0.6) is 0 Å². The summed E-state index contributed by atoms with van der Waals surface area (Å²) in [5.41, 5.74) is 0.934. The summed E-state index contributed by atoms with van der Waals surface area (Å²) in [4.78, 5) is 41.4. The Labute approximate surface area is 145 Å². The summed E-state index contributed by atoms with van der Waals surface area (Å²) >= 11 is 0. The van der Waals surface area contributed by atoms with Crippen LogP contribution in [0.15, 0.2) is 36.4 Å². The molecule has 2 heterocycles. The first-order valence-corrected chi connectivity index (χ1v) is 8.36. The van der Waals surface area contributed by atoms with Gasteiger partial charge in [-0.1, -0.05) is 24.3 Å². The Hall–Kier alpha value is -2.73. The van der Waals surface area contributed by atoms with Crippen molar-refractivity contribution in [2.45, 2.75) is 13.0 Å². The van der Waals surface area contributed by atoms with Crippen LogP contribution in [0.3, 0.4) is 0 Å². The van der Waals surface area contributed by atoms with Gasteiger partial charge in [0.2, 0.25) is 5.91 Å². The maximum absolute atomic E-state index is 13.0. The second-order valence-electron chi connectivity index (χ2n) is 6.30. The van der Waals surface area contributed by atoms with Gasteiger partial charge in [-0.15, -0.1) is 0 Å². The van der Waals surface area contributed by atoms with Crippen molar-refractivity contribution in [3.05, 3.63) is 47.5 Å². The summed E-state index contributed by atoms with van der Waals surface area (Å²) < 4.78 is 5.26. The number of carbonyl (C=O) groups excluding carboxylic acids is 3. The van der Waals surface area contributed by atoms with Crippen LogP contribution in [-0.2, 0) is 9.53 Å². The largest absolute Gasteiger partial charge is 0.378 e. The first-order chi connectivity index (χ1) is 12.1. The van der Waals surface area contributed by atoms with Crippen LogP contribution < -0.4 is 0 Å². The lowest BCUT2D eigenvalue weighted by Crippen LogP contribution is -2.55. The average Bonchev–Trinajstić information content (AvgIpc) is 2.66. The molecule has 2 aliphatic heterocycles. The molecule has 6 heteroatoms. The first kappa shape index (κ1) is 15.8. The van der Waals surface area contributed by atoms with E-state index in [0.29, 0.717) is 42.8 Å². The molecule has 0 N–H and O–H groups in total. The van der Waals surface area contributed by atoms with Gasteiger partial charge in [0.15, 0.2) is 0 Å². The van der Waals surface area contributed by atoms with Crippen LogP contribution in [0.25, 0.3) is 10.8 Å². The van der Waals surface area contributed by atoms with E-state index in [-0.39, 0.29) is 5.91 Å². The van der Waals surface area contributed by atoms with Crippen molar-refractivity contribution in [2.75, 3.05) is 26.3 Å². The lowest BCUT2D eigenvalue weighted by molar-refractivity contribution is -0.139. The van der Waals surface area contributed by atoms with Crippen molar-refractivity contribution in [1.82, 2.24) is 9.80 Å². The number of ether oxygens (including phenoxy) is 1. The van der Waals surface area contributed by atoms with Crippen molar-refractivity contribution in [3.8, 4) is 0 Å². The summed E-state index contributed by atoms with van der Waals surface area (Å²) in [7, 11) is 0. The maximum Gasteiger partial charge on any atom is 0.262 e. The fourth-order valence-corrected chi connectivity index (χ4v) is 3.56. The Morgan fingerprint density at radius 1 is 1.00 bits per heavy atom. The van der Waals surface area contributed by atoms with E-state index in [9.17, 15) is 14.4 Å². The smallest absolute Gasteiger partial charge is 0.262 e. The number of amides is 3. The van der Waals surface area contributed by atoms with E-state index in [1.165, 1.54) is 0 Å². The maximum atomic E-state index is 13.0. The molecule has 3 amide bonds. The molecule has 4 rings (SSSR count). The zero-order valence-electron chi connectivity index (χ0n) is 13.9. The van der Waals surface area contributed by atoms with Gasteiger partial charge >= 0.3 is 0 Å². The highest BCUT2D eigenvalue weighted by Crippen LogP contribution is 2.31. The van der Waals surface area contributed by atoms with E-state index < -0.39 is 17.9 Å². The number of nitrogens with zero attached hydrogens (tertiary/aromatic N) is 2. The lowest BCUT2D eigenvalue weighted by atomic mass is 9.93. The molecular formula is C19H18N2O4. The molecule has 0 unspecified atom stereocenters. The van der Waals surface area contributed by atoms with Gasteiger partial charge in [0.1, 0.15) is 6.04 Å². The van der Waals surface area contributed by atoms with Crippen LogP contribution in [0.2, 0.25) is 0 Å².